The molecule has 3 N–H and O–H groups in total. The number of aliphatic hydroxyl groups is 1. The zero-order valence-corrected chi connectivity index (χ0v) is 13.8. The van der Waals surface area contributed by atoms with Crippen LogP contribution in [0.25, 0.3) is 32.8 Å². The SMILES string of the molecule is OCc1ccc(Nc2c3cnccc3nc3c2[nH]c2ccncc23)cc1. The van der Waals surface area contributed by atoms with E-state index in [4.69, 9.17) is 4.98 Å². The van der Waals surface area contributed by atoms with E-state index in [0.717, 1.165) is 49.8 Å². The summed E-state index contributed by atoms with van der Waals surface area (Å²) in [5, 5.41) is 14.6. The van der Waals surface area contributed by atoms with Crippen LogP contribution in [0.3, 0.4) is 0 Å². The van der Waals surface area contributed by atoms with Crippen molar-refractivity contribution in [2.75, 3.05) is 5.32 Å². The van der Waals surface area contributed by atoms with Gasteiger partial charge in [-0.05, 0) is 29.8 Å². The standard InChI is InChI=1S/C20H15N5O/c26-11-12-1-3-13(4-2-12)23-18-14-9-21-7-5-16(14)24-19-15-10-22-8-6-17(15)25-20(18)19/h1-10,25-26H,11H2,(H,23,24). The lowest BCUT2D eigenvalue weighted by molar-refractivity contribution is 0.282. The van der Waals surface area contributed by atoms with Crippen molar-refractivity contribution in [1.82, 2.24) is 19.9 Å². The molecule has 5 rings (SSSR count). The van der Waals surface area contributed by atoms with Crippen molar-refractivity contribution in [1.29, 1.82) is 0 Å². The van der Waals surface area contributed by atoms with E-state index in [1.54, 1.807) is 12.4 Å². The van der Waals surface area contributed by atoms with Crippen LogP contribution in [-0.2, 0) is 6.61 Å². The van der Waals surface area contributed by atoms with Gasteiger partial charge in [0, 0.05) is 41.2 Å². The maximum Gasteiger partial charge on any atom is 0.100 e. The van der Waals surface area contributed by atoms with E-state index in [1.807, 2.05) is 48.8 Å². The molecule has 0 fully saturated rings. The average molecular weight is 341 g/mol. The summed E-state index contributed by atoms with van der Waals surface area (Å²) in [7, 11) is 0. The first kappa shape index (κ1) is 14.8. The van der Waals surface area contributed by atoms with Gasteiger partial charge in [-0.2, -0.15) is 0 Å². The number of hydrogen-bond donors (Lipinski definition) is 3. The molecule has 0 aliphatic rings. The molecule has 0 bridgehead atoms. The Morgan fingerprint density at radius 3 is 2.50 bits per heavy atom. The fraction of sp³-hybridized carbons (Fsp3) is 0.0500. The second kappa shape index (κ2) is 5.79. The largest absolute Gasteiger partial charge is 0.392 e. The topological polar surface area (TPSA) is 86.7 Å². The highest BCUT2D eigenvalue weighted by molar-refractivity contribution is 6.15. The smallest absolute Gasteiger partial charge is 0.100 e. The molecular formula is C20H15N5O. The van der Waals surface area contributed by atoms with Gasteiger partial charge in [-0.3, -0.25) is 9.97 Å². The Kier molecular flexibility index (Phi) is 3.29. The van der Waals surface area contributed by atoms with Crippen molar-refractivity contribution < 1.29 is 5.11 Å². The Labute approximate surface area is 148 Å². The fourth-order valence-electron chi connectivity index (χ4n) is 3.22. The van der Waals surface area contributed by atoms with Crippen LogP contribution in [-0.4, -0.2) is 25.0 Å². The lowest BCUT2D eigenvalue weighted by atomic mass is 10.1. The van der Waals surface area contributed by atoms with Gasteiger partial charge in [0.05, 0.1) is 28.8 Å². The molecule has 0 aliphatic heterocycles. The highest BCUT2D eigenvalue weighted by Gasteiger charge is 2.14. The molecule has 26 heavy (non-hydrogen) atoms. The van der Waals surface area contributed by atoms with Crippen molar-refractivity contribution >= 4 is 44.2 Å². The van der Waals surface area contributed by atoms with E-state index in [0.29, 0.717) is 0 Å². The number of nitrogens with zero attached hydrogens (tertiary/aromatic N) is 3. The number of aliphatic hydroxyl groups excluding tert-OH is 1. The predicted octanol–water partition coefficient (Wildman–Crippen LogP) is 3.90. The molecule has 6 nitrogen and oxygen atoms in total. The molecule has 0 saturated heterocycles. The highest BCUT2D eigenvalue weighted by atomic mass is 16.3. The minimum Gasteiger partial charge on any atom is -0.392 e. The number of pyridine rings is 3. The van der Waals surface area contributed by atoms with Crippen molar-refractivity contribution in [2.24, 2.45) is 0 Å². The van der Waals surface area contributed by atoms with Crippen LogP contribution in [0.5, 0.6) is 0 Å². The van der Waals surface area contributed by atoms with E-state index in [2.05, 4.69) is 20.3 Å². The zero-order valence-electron chi connectivity index (χ0n) is 13.8. The minimum atomic E-state index is 0.0294. The van der Waals surface area contributed by atoms with E-state index in [1.165, 1.54) is 0 Å². The van der Waals surface area contributed by atoms with Gasteiger partial charge in [-0.15, -0.1) is 0 Å². The van der Waals surface area contributed by atoms with Gasteiger partial charge in [0.15, 0.2) is 0 Å². The lowest BCUT2D eigenvalue weighted by Crippen LogP contribution is -1.95. The van der Waals surface area contributed by atoms with Gasteiger partial charge in [0.1, 0.15) is 5.52 Å². The molecule has 4 heterocycles. The molecule has 126 valence electrons. The van der Waals surface area contributed by atoms with Crippen molar-refractivity contribution in [3.05, 3.63) is 66.7 Å². The van der Waals surface area contributed by atoms with Crippen LogP contribution >= 0.6 is 0 Å². The van der Waals surface area contributed by atoms with Crippen LogP contribution in [0.2, 0.25) is 0 Å². The van der Waals surface area contributed by atoms with Gasteiger partial charge in [-0.1, -0.05) is 12.1 Å². The second-order valence-corrected chi connectivity index (χ2v) is 6.13. The summed E-state index contributed by atoms with van der Waals surface area (Å²) < 4.78 is 0. The molecule has 1 aromatic carbocycles. The maximum atomic E-state index is 9.23. The van der Waals surface area contributed by atoms with E-state index >= 15 is 0 Å². The number of rotatable bonds is 3. The monoisotopic (exact) mass is 341 g/mol. The van der Waals surface area contributed by atoms with E-state index in [-0.39, 0.29) is 6.61 Å². The average Bonchev–Trinajstić information content (AvgIpc) is 3.07. The minimum absolute atomic E-state index is 0.0294. The van der Waals surface area contributed by atoms with Gasteiger partial charge in [0.25, 0.3) is 0 Å². The molecule has 0 aliphatic carbocycles. The van der Waals surface area contributed by atoms with Crippen molar-refractivity contribution in [3.63, 3.8) is 0 Å². The van der Waals surface area contributed by atoms with Gasteiger partial charge in [0.2, 0.25) is 0 Å². The van der Waals surface area contributed by atoms with Crippen molar-refractivity contribution in [2.45, 2.75) is 6.61 Å². The van der Waals surface area contributed by atoms with Crippen LogP contribution in [0, 0.1) is 0 Å². The maximum absolute atomic E-state index is 9.23. The molecule has 6 heteroatoms. The summed E-state index contributed by atoms with van der Waals surface area (Å²) in [6.07, 6.45) is 7.15. The number of anilines is 2. The first-order valence-corrected chi connectivity index (χ1v) is 8.29. The molecule has 0 atom stereocenters. The fourth-order valence-corrected chi connectivity index (χ4v) is 3.22. The predicted molar refractivity (Wildman–Crippen MR) is 102 cm³/mol. The van der Waals surface area contributed by atoms with Gasteiger partial charge >= 0.3 is 0 Å². The Hall–Kier alpha value is -3.51. The lowest BCUT2D eigenvalue weighted by Gasteiger charge is -2.11. The summed E-state index contributed by atoms with van der Waals surface area (Å²) in [5.74, 6) is 0. The third-order valence-corrected chi connectivity index (χ3v) is 4.53. The Bertz CT molecular complexity index is 1240. The number of fused-ring (bicyclic) bond motifs is 4. The molecule has 0 radical (unpaired) electrons. The quantitative estimate of drug-likeness (QED) is 0.463. The molecule has 0 saturated carbocycles. The van der Waals surface area contributed by atoms with Gasteiger partial charge < -0.3 is 15.4 Å². The molecule has 0 spiro atoms. The summed E-state index contributed by atoms with van der Waals surface area (Å²) >= 11 is 0. The number of nitrogens with one attached hydrogen (secondary N) is 2. The third-order valence-electron chi connectivity index (χ3n) is 4.53. The third kappa shape index (κ3) is 2.28. The summed E-state index contributed by atoms with van der Waals surface area (Å²) in [5.41, 5.74) is 6.37. The molecule has 0 unspecified atom stereocenters. The second-order valence-electron chi connectivity index (χ2n) is 6.13. The number of hydrogen-bond acceptors (Lipinski definition) is 5. The summed E-state index contributed by atoms with van der Waals surface area (Å²) in [6, 6.07) is 11.5. The number of benzene rings is 1. The number of H-pyrrole nitrogens is 1. The zero-order chi connectivity index (χ0) is 17.5. The molecule has 5 aromatic rings. The molecular weight excluding hydrogens is 326 g/mol. The van der Waals surface area contributed by atoms with Crippen LogP contribution < -0.4 is 5.32 Å². The van der Waals surface area contributed by atoms with Gasteiger partial charge in [-0.25, -0.2) is 4.98 Å². The Balaban J connectivity index is 1.79. The molecule has 4 aromatic heterocycles. The normalized spacial score (nSPS) is 11.4. The first-order valence-electron chi connectivity index (χ1n) is 8.29. The van der Waals surface area contributed by atoms with Crippen LogP contribution in [0.4, 0.5) is 11.4 Å². The first-order chi connectivity index (χ1) is 12.8. The van der Waals surface area contributed by atoms with Crippen molar-refractivity contribution in [3.8, 4) is 0 Å². The van der Waals surface area contributed by atoms with E-state index in [9.17, 15) is 5.11 Å². The van der Waals surface area contributed by atoms with Crippen LogP contribution in [0.15, 0.2) is 61.2 Å². The molecule has 0 amide bonds. The Morgan fingerprint density at radius 2 is 1.69 bits per heavy atom. The summed E-state index contributed by atoms with van der Waals surface area (Å²) in [6.45, 7) is 0.0294. The number of aromatic amines is 1. The number of aromatic nitrogens is 4. The highest BCUT2D eigenvalue weighted by Crippen LogP contribution is 2.35. The van der Waals surface area contributed by atoms with Crippen LogP contribution in [0.1, 0.15) is 5.56 Å². The Morgan fingerprint density at radius 1 is 0.923 bits per heavy atom. The summed E-state index contributed by atoms with van der Waals surface area (Å²) in [4.78, 5) is 16.8. The van der Waals surface area contributed by atoms with E-state index < -0.39 is 0 Å².